The Balaban J connectivity index is 1.41. The maximum absolute atomic E-state index is 13.0. The van der Waals surface area contributed by atoms with Gasteiger partial charge in [-0.1, -0.05) is 34.1 Å². The molecule has 2 aromatic heterocycles. The lowest BCUT2D eigenvalue weighted by atomic mass is 10.1. The summed E-state index contributed by atoms with van der Waals surface area (Å²) in [7, 11) is 0. The van der Waals surface area contributed by atoms with Crippen LogP contribution in [0.1, 0.15) is 6.42 Å². The fourth-order valence-corrected chi connectivity index (χ4v) is 4.20. The number of benzene rings is 2. The van der Waals surface area contributed by atoms with Crippen LogP contribution in [0, 0.1) is 5.92 Å². The number of carbonyl (C=O) groups excluding carboxylic acids is 2. The van der Waals surface area contributed by atoms with Gasteiger partial charge in [-0.15, -0.1) is 0 Å². The van der Waals surface area contributed by atoms with Crippen LogP contribution in [0.4, 0.5) is 11.4 Å². The Bertz CT molecular complexity index is 1410. The molecule has 32 heavy (non-hydrogen) atoms. The second-order valence-corrected chi connectivity index (χ2v) is 8.33. The van der Waals surface area contributed by atoms with Gasteiger partial charge in [0.25, 0.3) is 5.56 Å². The predicted molar refractivity (Wildman–Crippen MR) is 123 cm³/mol. The predicted octanol–water partition coefficient (Wildman–Crippen LogP) is 2.86. The van der Waals surface area contributed by atoms with Crippen LogP contribution in [0.15, 0.2) is 70.3 Å². The summed E-state index contributed by atoms with van der Waals surface area (Å²) in [6.07, 6.45) is 2.87. The fourth-order valence-electron chi connectivity index (χ4n) is 3.81. The van der Waals surface area contributed by atoms with Crippen molar-refractivity contribution in [2.45, 2.75) is 6.42 Å². The van der Waals surface area contributed by atoms with E-state index in [1.165, 1.54) is 17.2 Å². The number of aromatic nitrogens is 4. The van der Waals surface area contributed by atoms with E-state index in [0.717, 1.165) is 10.2 Å². The van der Waals surface area contributed by atoms with E-state index in [-0.39, 0.29) is 23.8 Å². The first-order valence-corrected chi connectivity index (χ1v) is 10.7. The zero-order valence-electron chi connectivity index (χ0n) is 16.7. The van der Waals surface area contributed by atoms with Gasteiger partial charge in [0.05, 0.1) is 29.8 Å². The van der Waals surface area contributed by atoms with E-state index in [1.807, 2.05) is 24.3 Å². The highest BCUT2D eigenvalue weighted by Gasteiger charge is 2.35. The van der Waals surface area contributed by atoms with Crippen LogP contribution in [0.5, 0.6) is 0 Å². The number of nitrogens with zero attached hydrogens (tertiary/aromatic N) is 4. The first kappa shape index (κ1) is 20.1. The van der Waals surface area contributed by atoms with E-state index in [1.54, 1.807) is 29.2 Å². The van der Waals surface area contributed by atoms with Crippen molar-refractivity contribution in [1.82, 2.24) is 19.7 Å². The lowest BCUT2D eigenvalue weighted by molar-refractivity contribution is -0.122. The number of halogens is 1. The van der Waals surface area contributed by atoms with Crippen molar-refractivity contribution in [3.63, 3.8) is 0 Å². The molecular formula is C22H17BrN6O3. The van der Waals surface area contributed by atoms with E-state index in [2.05, 4.69) is 36.3 Å². The number of hydrogen-bond acceptors (Lipinski definition) is 5. The van der Waals surface area contributed by atoms with Crippen molar-refractivity contribution in [3.8, 4) is 5.69 Å². The number of para-hydroxylation sites is 2. The number of carbonyl (C=O) groups is 2. The molecule has 0 spiro atoms. The van der Waals surface area contributed by atoms with Crippen molar-refractivity contribution in [2.24, 2.45) is 5.92 Å². The average Bonchev–Trinajstić information content (AvgIpc) is 3.39. The maximum atomic E-state index is 13.0. The summed E-state index contributed by atoms with van der Waals surface area (Å²) >= 11 is 3.41. The molecular weight excluding hydrogens is 476 g/mol. The highest BCUT2D eigenvalue weighted by atomic mass is 79.9. The van der Waals surface area contributed by atoms with Crippen LogP contribution in [-0.2, 0) is 9.59 Å². The van der Waals surface area contributed by atoms with E-state index in [0.29, 0.717) is 29.0 Å². The molecule has 1 fully saturated rings. The van der Waals surface area contributed by atoms with Gasteiger partial charge in [-0.2, -0.15) is 5.10 Å². The summed E-state index contributed by atoms with van der Waals surface area (Å²) in [6, 6.07) is 14.5. The Morgan fingerprint density at radius 2 is 2.00 bits per heavy atom. The molecule has 1 aliphatic heterocycles. The number of H-pyrrole nitrogens is 1. The number of hydrogen-bond donors (Lipinski definition) is 2. The number of anilines is 2. The van der Waals surface area contributed by atoms with Crippen molar-refractivity contribution in [3.05, 3.63) is 75.9 Å². The van der Waals surface area contributed by atoms with Gasteiger partial charge in [0.2, 0.25) is 11.8 Å². The smallest absolute Gasteiger partial charge is 0.261 e. The molecule has 2 N–H and O–H groups in total. The van der Waals surface area contributed by atoms with Gasteiger partial charge in [-0.25, -0.2) is 9.67 Å². The Hall–Kier alpha value is -3.79. The van der Waals surface area contributed by atoms with Gasteiger partial charge < -0.3 is 15.2 Å². The highest BCUT2D eigenvalue weighted by Crippen LogP contribution is 2.29. The molecule has 2 aromatic carbocycles. The number of aromatic amines is 1. The Kier molecular flexibility index (Phi) is 5.06. The quantitative estimate of drug-likeness (QED) is 0.454. The average molecular weight is 493 g/mol. The number of nitrogens with one attached hydrogen (secondary N) is 2. The van der Waals surface area contributed by atoms with Crippen LogP contribution < -0.4 is 15.8 Å². The van der Waals surface area contributed by atoms with Gasteiger partial charge >= 0.3 is 0 Å². The summed E-state index contributed by atoms with van der Waals surface area (Å²) in [6.45, 7) is 0.297. The van der Waals surface area contributed by atoms with Crippen LogP contribution in [-0.4, -0.2) is 38.1 Å². The van der Waals surface area contributed by atoms with Crippen LogP contribution >= 0.6 is 15.9 Å². The minimum absolute atomic E-state index is 0.0990. The molecule has 160 valence electrons. The Morgan fingerprint density at radius 3 is 2.84 bits per heavy atom. The highest BCUT2D eigenvalue weighted by molar-refractivity contribution is 9.10. The van der Waals surface area contributed by atoms with Crippen LogP contribution in [0.3, 0.4) is 0 Å². The van der Waals surface area contributed by atoms with Gasteiger partial charge in [-0.3, -0.25) is 14.4 Å². The van der Waals surface area contributed by atoms with E-state index in [9.17, 15) is 14.4 Å². The first-order valence-electron chi connectivity index (χ1n) is 9.89. The lowest BCUT2D eigenvalue weighted by Crippen LogP contribution is -2.28. The van der Waals surface area contributed by atoms with Crippen molar-refractivity contribution >= 4 is 50.2 Å². The molecule has 10 heteroatoms. The summed E-state index contributed by atoms with van der Waals surface area (Å²) < 4.78 is 2.37. The molecule has 5 rings (SSSR count). The van der Waals surface area contributed by atoms with Gasteiger partial charge in [-0.05, 0) is 30.3 Å². The maximum Gasteiger partial charge on any atom is 0.261 e. The minimum Gasteiger partial charge on any atom is -0.324 e. The van der Waals surface area contributed by atoms with E-state index in [4.69, 9.17) is 0 Å². The van der Waals surface area contributed by atoms with Crippen LogP contribution in [0.2, 0.25) is 0 Å². The van der Waals surface area contributed by atoms with E-state index < -0.39 is 5.92 Å². The molecule has 9 nitrogen and oxygen atoms in total. The molecule has 0 radical (unpaired) electrons. The third-order valence-electron chi connectivity index (χ3n) is 5.38. The topological polar surface area (TPSA) is 113 Å². The van der Waals surface area contributed by atoms with Gasteiger partial charge in [0.1, 0.15) is 5.39 Å². The molecule has 0 aliphatic carbocycles. The summed E-state index contributed by atoms with van der Waals surface area (Å²) in [5.41, 5.74) is 1.92. The molecule has 3 heterocycles. The van der Waals surface area contributed by atoms with Crippen molar-refractivity contribution in [2.75, 3.05) is 16.8 Å². The third kappa shape index (κ3) is 3.58. The largest absolute Gasteiger partial charge is 0.324 e. The second-order valence-electron chi connectivity index (χ2n) is 7.42. The zero-order chi connectivity index (χ0) is 22.2. The normalized spacial score (nSPS) is 16.0. The molecule has 2 amide bonds. The lowest BCUT2D eigenvalue weighted by Gasteiger charge is -2.17. The Morgan fingerprint density at radius 1 is 1.16 bits per heavy atom. The molecule has 4 aromatic rings. The summed E-state index contributed by atoms with van der Waals surface area (Å²) in [4.78, 5) is 46.0. The molecule has 1 unspecified atom stereocenters. The minimum atomic E-state index is -0.495. The third-order valence-corrected chi connectivity index (χ3v) is 5.87. The zero-order valence-corrected chi connectivity index (χ0v) is 18.2. The van der Waals surface area contributed by atoms with Gasteiger partial charge in [0.15, 0.2) is 5.65 Å². The second kappa shape index (κ2) is 8.04. The molecule has 1 atom stereocenters. The van der Waals surface area contributed by atoms with Gasteiger partial charge in [0, 0.05) is 23.1 Å². The molecule has 0 saturated carbocycles. The molecule has 1 aliphatic rings. The molecule has 0 bridgehead atoms. The summed E-state index contributed by atoms with van der Waals surface area (Å²) in [5, 5.41) is 7.55. The first-order chi connectivity index (χ1) is 15.5. The Labute approximate surface area is 190 Å². The monoisotopic (exact) mass is 492 g/mol. The number of fused-ring (bicyclic) bond motifs is 1. The number of rotatable bonds is 4. The van der Waals surface area contributed by atoms with Crippen molar-refractivity contribution < 1.29 is 9.59 Å². The fraction of sp³-hybridized carbons (Fsp3) is 0.136. The molecule has 1 saturated heterocycles. The SMILES string of the molecule is O=C(Nc1ccccc1-n1ncc2c(=O)[nH]cnc21)C1CC(=O)N(c2cccc(Br)c2)C1. The van der Waals surface area contributed by atoms with E-state index >= 15 is 0 Å². The van der Waals surface area contributed by atoms with Crippen molar-refractivity contribution in [1.29, 1.82) is 0 Å². The standard InChI is InChI=1S/C22H17BrN6O3/c23-14-4-3-5-15(9-14)28-11-13(8-19(28)30)21(31)27-17-6-1-2-7-18(17)29-20-16(10-26-29)22(32)25-12-24-20/h1-7,9-10,12-13H,8,11H2,(H,27,31)(H,24,25,32). The van der Waals surface area contributed by atoms with Crippen LogP contribution in [0.25, 0.3) is 16.7 Å². The summed E-state index contributed by atoms with van der Waals surface area (Å²) in [5.74, 6) is -0.853. The number of amides is 2.